The van der Waals surface area contributed by atoms with Gasteiger partial charge in [0.2, 0.25) is 22.0 Å². The first kappa shape index (κ1) is 20.8. The zero-order chi connectivity index (χ0) is 19.9. The monoisotopic (exact) mass is 400 g/mol. The molecular formula is C17H19F3N4O2S. The van der Waals surface area contributed by atoms with Crippen LogP contribution in [0.15, 0.2) is 24.3 Å². The van der Waals surface area contributed by atoms with Crippen LogP contribution in [0.25, 0.3) is 0 Å². The van der Waals surface area contributed by atoms with Crippen molar-refractivity contribution in [3.63, 3.8) is 0 Å². The van der Waals surface area contributed by atoms with Crippen LogP contribution in [0.4, 0.5) is 24.0 Å². The molecule has 1 aromatic heterocycles. The van der Waals surface area contributed by atoms with Crippen LogP contribution in [0.1, 0.15) is 43.2 Å². The van der Waals surface area contributed by atoms with E-state index in [9.17, 15) is 22.8 Å². The van der Waals surface area contributed by atoms with Crippen molar-refractivity contribution in [2.75, 3.05) is 10.6 Å². The van der Waals surface area contributed by atoms with Crippen LogP contribution in [0.3, 0.4) is 0 Å². The maximum atomic E-state index is 12.4. The minimum atomic E-state index is -4.60. The number of aryl methyl sites for hydroxylation is 1. The number of carbonyl (C=O) groups is 2. The molecule has 1 aromatic carbocycles. The third kappa shape index (κ3) is 6.97. The molecule has 0 fully saturated rings. The lowest BCUT2D eigenvalue weighted by Gasteiger charge is -2.06. The number of benzene rings is 1. The van der Waals surface area contributed by atoms with Crippen molar-refractivity contribution >= 4 is 34.0 Å². The number of unbranched alkanes of at least 4 members (excludes halogenated alkanes) is 1. The Bertz CT molecular complexity index is 775. The number of hydrogen-bond acceptors (Lipinski definition) is 5. The molecule has 2 amide bonds. The number of halogens is 3. The predicted octanol–water partition coefficient (Wildman–Crippen LogP) is 4.26. The average Bonchev–Trinajstić information content (AvgIpc) is 3.08. The zero-order valence-corrected chi connectivity index (χ0v) is 15.4. The van der Waals surface area contributed by atoms with E-state index < -0.39 is 17.1 Å². The maximum absolute atomic E-state index is 12.4. The lowest BCUT2D eigenvalue weighted by atomic mass is 10.1. The lowest BCUT2D eigenvalue weighted by molar-refractivity contribution is -0.138. The van der Waals surface area contributed by atoms with Gasteiger partial charge in [0.15, 0.2) is 0 Å². The van der Waals surface area contributed by atoms with Gasteiger partial charge >= 0.3 is 6.18 Å². The first-order chi connectivity index (χ1) is 12.8. The van der Waals surface area contributed by atoms with Gasteiger partial charge in [0.25, 0.3) is 0 Å². The summed E-state index contributed by atoms with van der Waals surface area (Å²) in [7, 11) is 0. The van der Waals surface area contributed by atoms with Crippen LogP contribution in [-0.2, 0) is 22.2 Å². The van der Waals surface area contributed by atoms with Crippen LogP contribution in [0, 0.1) is 0 Å². The molecule has 0 radical (unpaired) electrons. The summed E-state index contributed by atoms with van der Waals surface area (Å²) >= 11 is 0.232. The molecule has 0 aliphatic heterocycles. The summed E-state index contributed by atoms with van der Waals surface area (Å²) in [4.78, 5) is 23.6. The Balaban J connectivity index is 1.76. The van der Waals surface area contributed by atoms with Gasteiger partial charge in [-0.25, -0.2) is 0 Å². The van der Waals surface area contributed by atoms with Gasteiger partial charge in [0, 0.05) is 18.5 Å². The molecule has 0 bridgehead atoms. The van der Waals surface area contributed by atoms with Crippen molar-refractivity contribution in [2.45, 2.75) is 45.2 Å². The number of rotatable bonds is 8. The highest BCUT2D eigenvalue weighted by molar-refractivity contribution is 7.15. The van der Waals surface area contributed by atoms with Crippen molar-refractivity contribution in [3.8, 4) is 0 Å². The topological polar surface area (TPSA) is 84.0 Å². The van der Waals surface area contributed by atoms with Gasteiger partial charge < -0.3 is 10.6 Å². The molecule has 27 heavy (non-hydrogen) atoms. The average molecular weight is 400 g/mol. The first-order valence-corrected chi connectivity index (χ1v) is 9.19. The highest BCUT2D eigenvalue weighted by Gasteiger charge is 2.35. The molecule has 0 aliphatic rings. The molecule has 0 unspecified atom stereocenters. The summed E-state index contributed by atoms with van der Waals surface area (Å²) in [5, 5.41) is 9.72. The molecule has 2 aromatic rings. The van der Waals surface area contributed by atoms with Gasteiger partial charge in [-0.05, 0) is 30.5 Å². The third-order valence-electron chi connectivity index (χ3n) is 3.55. The largest absolute Gasteiger partial charge is 0.445 e. The Morgan fingerprint density at radius 2 is 1.67 bits per heavy atom. The van der Waals surface area contributed by atoms with Gasteiger partial charge in [-0.3, -0.25) is 9.59 Å². The molecule has 0 saturated carbocycles. The molecule has 2 N–H and O–H groups in total. The Morgan fingerprint density at radius 3 is 2.22 bits per heavy atom. The van der Waals surface area contributed by atoms with Crippen molar-refractivity contribution in [3.05, 3.63) is 34.8 Å². The van der Waals surface area contributed by atoms with Crippen LogP contribution in [0.2, 0.25) is 0 Å². The van der Waals surface area contributed by atoms with Gasteiger partial charge in [-0.15, -0.1) is 10.2 Å². The van der Waals surface area contributed by atoms with E-state index in [1.54, 1.807) is 12.1 Å². The van der Waals surface area contributed by atoms with E-state index >= 15 is 0 Å². The number of nitrogens with zero attached hydrogens (tertiary/aromatic N) is 2. The van der Waals surface area contributed by atoms with Gasteiger partial charge in [-0.2, -0.15) is 13.2 Å². The number of carbonyl (C=O) groups excluding carboxylic acids is 2. The Morgan fingerprint density at radius 1 is 1.04 bits per heavy atom. The summed E-state index contributed by atoms with van der Waals surface area (Å²) in [6, 6.07) is 7.46. The lowest BCUT2D eigenvalue weighted by Crippen LogP contribution is -2.17. The summed E-state index contributed by atoms with van der Waals surface area (Å²) in [6.07, 6.45) is -1.70. The maximum Gasteiger partial charge on any atom is 0.445 e. The number of alkyl halides is 3. The second-order valence-electron chi connectivity index (χ2n) is 5.81. The highest BCUT2D eigenvalue weighted by atomic mass is 32.1. The fraction of sp³-hybridized carbons (Fsp3) is 0.412. The molecule has 0 atom stereocenters. The van der Waals surface area contributed by atoms with Gasteiger partial charge in [-0.1, -0.05) is 36.8 Å². The summed E-state index contributed by atoms with van der Waals surface area (Å²) in [6.45, 7) is 2.12. The minimum Gasteiger partial charge on any atom is -0.326 e. The molecule has 1 heterocycles. The van der Waals surface area contributed by atoms with Crippen LogP contribution < -0.4 is 10.6 Å². The minimum absolute atomic E-state index is 0.103. The van der Waals surface area contributed by atoms with Gasteiger partial charge in [0.1, 0.15) is 0 Å². The summed E-state index contributed by atoms with van der Waals surface area (Å²) < 4.78 is 37.3. The number of nitrogens with one attached hydrogen (secondary N) is 2. The van der Waals surface area contributed by atoms with Crippen molar-refractivity contribution < 1.29 is 22.8 Å². The predicted molar refractivity (Wildman–Crippen MR) is 96.5 cm³/mol. The Hall–Kier alpha value is -2.49. The Kier molecular flexibility index (Phi) is 7.28. The molecular weight excluding hydrogens is 381 g/mol. The molecule has 0 spiro atoms. The van der Waals surface area contributed by atoms with E-state index in [-0.39, 0.29) is 35.2 Å². The molecule has 2 rings (SSSR count). The molecule has 6 nitrogen and oxygen atoms in total. The molecule has 0 aliphatic carbocycles. The van der Waals surface area contributed by atoms with E-state index in [0.717, 1.165) is 19.3 Å². The standard InChI is InChI=1S/C17H19F3N4O2S/c1-2-3-4-11-5-7-12(8-6-11)21-13(25)9-10-14(26)22-16-24-23-15(27-16)17(18,19)20/h5-8H,2-4,9-10H2,1H3,(H,21,25)(H,22,24,26). The van der Waals surface area contributed by atoms with Crippen molar-refractivity contribution in [2.24, 2.45) is 0 Å². The van der Waals surface area contributed by atoms with Crippen LogP contribution >= 0.6 is 11.3 Å². The molecule has 10 heteroatoms. The fourth-order valence-corrected chi connectivity index (χ4v) is 2.78. The van der Waals surface area contributed by atoms with Crippen molar-refractivity contribution in [1.29, 1.82) is 0 Å². The first-order valence-electron chi connectivity index (χ1n) is 8.37. The smallest absolute Gasteiger partial charge is 0.326 e. The fourth-order valence-electron chi connectivity index (χ4n) is 2.16. The van der Waals surface area contributed by atoms with E-state index in [4.69, 9.17) is 0 Å². The van der Waals surface area contributed by atoms with E-state index in [1.165, 1.54) is 5.56 Å². The van der Waals surface area contributed by atoms with E-state index in [1.807, 2.05) is 12.1 Å². The number of hydrogen-bond donors (Lipinski definition) is 2. The summed E-state index contributed by atoms with van der Waals surface area (Å²) in [5.41, 5.74) is 1.81. The Labute approximate surface area is 158 Å². The number of aromatic nitrogens is 2. The van der Waals surface area contributed by atoms with E-state index in [0.29, 0.717) is 5.69 Å². The number of anilines is 2. The van der Waals surface area contributed by atoms with Crippen LogP contribution in [0.5, 0.6) is 0 Å². The third-order valence-corrected chi connectivity index (χ3v) is 4.43. The van der Waals surface area contributed by atoms with E-state index in [2.05, 4.69) is 27.8 Å². The number of amides is 2. The summed E-state index contributed by atoms with van der Waals surface area (Å²) in [5.74, 6) is -0.968. The SMILES string of the molecule is CCCCc1ccc(NC(=O)CCC(=O)Nc2nnc(C(F)(F)F)s2)cc1. The molecule has 146 valence electrons. The zero-order valence-electron chi connectivity index (χ0n) is 14.6. The van der Waals surface area contributed by atoms with Crippen LogP contribution in [-0.4, -0.2) is 22.0 Å². The van der Waals surface area contributed by atoms with Gasteiger partial charge in [0.05, 0.1) is 0 Å². The normalized spacial score (nSPS) is 11.3. The quantitative estimate of drug-likeness (QED) is 0.694. The highest BCUT2D eigenvalue weighted by Crippen LogP contribution is 2.33. The molecule has 0 saturated heterocycles. The van der Waals surface area contributed by atoms with Crippen molar-refractivity contribution in [1.82, 2.24) is 10.2 Å². The second kappa shape index (κ2) is 9.45. The second-order valence-corrected chi connectivity index (χ2v) is 6.78.